The highest BCUT2D eigenvalue weighted by Gasteiger charge is 2.38. The number of nitrogens with two attached hydrogens (primary N) is 1. The highest BCUT2D eigenvalue weighted by Crippen LogP contribution is 2.41. The lowest BCUT2D eigenvalue weighted by molar-refractivity contribution is -0.132. The molecule has 0 aliphatic heterocycles. The van der Waals surface area contributed by atoms with Gasteiger partial charge in [-0.2, -0.15) is 0 Å². The number of hydrogen-bond donors (Lipinski definition) is 2. The van der Waals surface area contributed by atoms with Crippen LogP contribution in [-0.4, -0.2) is 29.8 Å². The van der Waals surface area contributed by atoms with E-state index in [1.807, 2.05) is 42.5 Å². The highest BCUT2D eigenvalue weighted by molar-refractivity contribution is 9.10. The Morgan fingerprint density at radius 1 is 1.07 bits per heavy atom. The molecule has 2 aromatic rings. The van der Waals surface area contributed by atoms with Crippen LogP contribution in [0.15, 0.2) is 59.1 Å². The first-order valence-electron chi connectivity index (χ1n) is 9.60. The summed E-state index contributed by atoms with van der Waals surface area (Å²) in [6, 6.07) is 18.1. The van der Waals surface area contributed by atoms with Crippen LogP contribution in [0.4, 0.5) is 0 Å². The summed E-state index contributed by atoms with van der Waals surface area (Å²) >= 11 is 3.47. The van der Waals surface area contributed by atoms with Gasteiger partial charge in [-0.15, -0.1) is 0 Å². The molecule has 0 spiro atoms. The first-order chi connectivity index (χ1) is 13.5. The Balaban J connectivity index is 1.66. The number of benzene rings is 2. The Kier molecular flexibility index (Phi) is 6.86. The molecule has 0 heterocycles. The molecule has 0 unspecified atom stereocenters. The van der Waals surface area contributed by atoms with E-state index in [0.29, 0.717) is 13.1 Å². The second kappa shape index (κ2) is 9.34. The largest absolute Gasteiger partial charge is 0.370 e. The van der Waals surface area contributed by atoms with Crippen molar-refractivity contribution in [3.8, 4) is 0 Å². The molecule has 0 saturated heterocycles. The lowest BCUT2D eigenvalue weighted by atomic mass is 9.72. The number of primary amides is 1. The van der Waals surface area contributed by atoms with Gasteiger partial charge in [0.15, 0.2) is 0 Å². The molecule has 2 amide bonds. The molecule has 2 aromatic carbocycles. The molecule has 1 aliphatic carbocycles. The summed E-state index contributed by atoms with van der Waals surface area (Å²) in [4.78, 5) is 25.9. The smallest absolute Gasteiger partial charge is 0.236 e. The van der Waals surface area contributed by atoms with Crippen molar-refractivity contribution in [3.63, 3.8) is 0 Å². The molecule has 0 atom stereocenters. The number of carbonyl (C=O) groups is 2. The van der Waals surface area contributed by atoms with Crippen molar-refractivity contribution in [2.24, 2.45) is 5.73 Å². The average Bonchev–Trinajstić information content (AvgIpc) is 2.66. The summed E-state index contributed by atoms with van der Waals surface area (Å²) in [7, 11) is 0. The molecule has 6 heteroatoms. The number of amides is 2. The number of nitrogens with zero attached hydrogens (tertiary/aromatic N) is 1. The van der Waals surface area contributed by atoms with Crippen LogP contribution in [0.25, 0.3) is 0 Å². The maximum absolute atomic E-state index is 12.9. The van der Waals surface area contributed by atoms with Crippen molar-refractivity contribution in [3.05, 3.63) is 70.2 Å². The lowest BCUT2D eigenvalue weighted by Gasteiger charge is -2.43. The van der Waals surface area contributed by atoms with Crippen LogP contribution in [0.2, 0.25) is 0 Å². The Labute approximate surface area is 174 Å². The fraction of sp³-hybridized carbons (Fsp3) is 0.364. The van der Waals surface area contributed by atoms with Gasteiger partial charge in [-0.05, 0) is 42.5 Å². The van der Waals surface area contributed by atoms with E-state index < -0.39 is 5.91 Å². The molecular weight excluding hydrogens is 418 g/mol. The van der Waals surface area contributed by atoms with Gasteiger partial charge >= 0.3 is 0 Å². The van der Waals surface area contributed by atoms with Gasteiger partial charge in [0.1, 0.15) is 0 Å². The third-order valence-electron chi connectivity index (χ3n) is 5.38. The summed E-state index contributed by atoms with van der Waals surface area (Å²) in [6.07, 6.45) is 3.34. The van der Waals surface area contributed by atoms with Crippen LogP contribution in [0.5, 0.6) is 0 Å². The SMILES string of the molecule is NC(=O)CCN(Cc1ccccc1)C(=O)CNC1(c2ccc(Br)cc2)CCC1. The van der Waals surface area contributed by atoms with Crippen molar-refractivity contribution in [2.45, 2.75) is 37.8 Å². The summed E-state index contributed by atoms with van der Waals surface area (Å²) < 4.78 is 1.04. The summed E-state index contributed by atoms with van der Waals surface area (Å²) in [5, 5.41) is 3.50. The third kappa shape index (κ3) is 5.20. The Bertz CT molecular complexity index is 804. The van der Waals surface area contributed by atoms with Gasteiger partial charge < -0.3 is 10.6 Å². The molecule has 5 nitrogen and oxygen atoms in total. The quantitative estimate of drug-likeness (QED) is 0.623. The number of nitrogens with one attached hydrogen (secondary N) is 1. The molecular formula is C22H26BrN3O2. The van der Waals surface area contributed by atoms with Crippen LogP contribution in [0.3, 0.4) is 0 Å². The Hall–Kier alpha value is -2.18. The highest BCUT2D eigenvalue weighted by atomic mass is 79.9. The van der Waals surface area contributed by atoms with Gasteiger partial charge in [0.25, 0.3) is 0 Å². The zero-order chi connectivity index (χ0) is 20.0. The van der Waals surface area contributed by atoms with E-state index in [4.69, 9.17) is 5.73 Å². The second-order valence-corrected chi connectivity index (χ2v) is 8.23. The van der Waals surface area contributed by atoms with Gasteiger partial charge in [-0.3, -0.25) is 14.9 Å². The zero-order valence-electron chi connectivity index (χ0n) is 15.9. The first-order valence-corrected chi connectivity index (χ1v) is 10.4. The maximum Gasteiger partial charge on any atom is 0.236 e. The van der Waals surface area contributed by atoms with Crippen molar-refractivity contribution >= 4 is 27.7 Å². The fourth-order valence-corrected chi connectivity index (χ4v) is 3.83. The van der Waals surface area contributed by atoms with Crippen LogP contribution in [-0.2, 0) is 21.7 Å². The average molecular weight is 444 g/mol. The number of carbonyl (C=O) groups excluding carboxylic acids is 2. The lowest BCUT2D eigenvalue weighted by Crippen LogP contribution is -2.52. The monoisotopic (exact) mass is 443 g/mol. The van der Waals surface area contributed by atoms with Crippen molar-refractivity contribution in [1.29, 1.82) is 0 Å². The van der Waals surface area contributed by atoms with Crippen molar-refractivity contribution < 1.29 is 9.59 Å². The Morgan fingerprint density at radius 2 is 1.75 bits per heavy atom. The number of halogens is 1. The van der Waals surface area contributed by atoms with Gasteiger partial charge in [0.05, 0.1) is 6.54 Å². The minimum Gasteiger partial charge on any atom is -0.370 e. The molecule has 148 valence electrons. The van der Waals surface area contributed by atoms with Gasteiger partial charge in [0, 0.05) is 29.5 Å². The van der Waals surface area contributed by atoms with Crippen molar-refractivity contribution in [2.75, 3.05) is 13.1 Å². The molecule has 0 aromatic heterocycles. The normalized spacial score (nSPS) is 14.9. The predicted molar refractivity (Wildman–Crippen MR) is 113 cm³/mol. The number of hydrogen-bond acceptors (Lipinski definition) is 3. The fourth-order valence-electron chi connectivity index (χ4n) is 3.56. The van der Waals surface area contributed by atoms with E-state index >= 15 is 0 Å². The van der Waals surface area contributed by atoms with Crippen LogP contribution in [0.1, 0.15) is 36.8 Å². The predicted octanol–water partition coefficient (Wildman–Crippen LogP) is 3.32. The number of rotatable bonds is 9. The third-order valence-corrected chi connectivity index (χ3v) is 5.91. The summed E-state index contributed by atoms with van der Waals surface area (Å²) in [6.45, 7) is 1.04. The summed E-state index contributed by atoms with van der Waals surface area (Å²) in [5.41, 5.74) is 7.40. The van der Waals surface area contributed by atoms with Gasteiger partial charge in [-0.1, -0.05) is 58.4 Å². The van der Waals surface area contributed by atoms with Gasteiger partial charge in [-0.25, -0.2) is 0 Å². The molecule has 3 N–H and O–H groups in total. The van der Waals surface area contributed by atoms with E-state index in [-0.39, 0.29) is 24.4 Å². The molecule has 0 bridgehead atoms. The van der Waals surface area contributed by atoms with E-state index in [1.165, 1.54) is 5.56 Å². The Morgan fingerprint density at radius 3 is 2.32 bits per heavy atom. The standard InChI is InChI=1S/C22H26BrN3O2/c23-19-9-7-18(8-10-19)22(12-4-13-22)25-15-21(28)26(14-11-20(24)27)16-17-5-2-1-3-6-17/h1-3,5-10,25H,4,11-16H2,(H2,24,27). The molecule has 28 heavy (non-hydrogen) atoms. The van der Waals surface area contributed by atoms with E-state index in [0.717, 1.165) is 29.3 Å². The van der Waals surface area contributed by atoms with Crippen LogP contribution >= 0.6 is 15.9 Å². The van der Waals surface area contributed by atoms with E-state index in [9.17, 15) is 9.59 Å². The molecule has 1 fully saturated rings. The minimum absolute atomic E-state index is 0.0199. The van der Waals surface area contributed by atoms with Gasteiger partial charge in [0.2, 0.25) is 11.8 Å². The van der Waals surface area contributed by atoms with E-state index in [2.05, 4.69) is 33.4 Å². The second-order valence-electron chi connectivity index (χ2n) is 7.31. The molecule has 1 saturated carbocycles. The first kappa shape index (κ1) is 20.6. The zero-order valence-corrected chi connectivity index (χ0v) is 17.5. The van der Waals surface area contributed by atoms with Crippen LogP contribution in [0, 0.1) is 0 Å². The van der Waals surface area contributed by atoms with E-state index in [1.54, 1.807) is 4.90 Å². The minimum atomic E-state index is -0.399. The molecule has 1 aliphatic rings. The van der Waals surface area contributed by atoms with Crippen LogP contribution < -0.4 is 11.1 Å². The molecule has 0 radical (unpaired) electrons. The van der Waals surface area contributed by atoms with Crippen molar-refractivity contribution in [1.82, 2.24) is 10.2 Å². The topological polar surface area (TPSA) is 75.4 Å². The maximum atomic E-state index is 12.9. The summed E-state index contributed by atoms with van der Waals surface area (Å²) in [5.74, 6) is -0.419. The molecule has 3 rings (SSSR count).